The predicted molar refractivity (Wildman–Crippen MR) is 51.6 cm³/mol. The summed E-state index contributed by atoms with van der Waals surface area (Å²) in [7, 11) is 1.56. The van der Waals surface area contributed by atoms with E-state index in [4.69, 9.17) is 4.74 Å². The molecular weight excluding hydrogens is 234 g/mol. The molecule has 0 aromatic carbocycles. The van der Waals surface area contributed by atoms with E-state index in [0.717, 1.165) is 11.0 Å². The van der Waals surface area contributed by atoms with Crippen LogP contribution in [0.25, 0.3) is 11.0 Å². The number of ether oxygens (including phenoxy) is 1. The summed E-state index contributed by atoms with van der Waals surface area (Å²) >= 11 is 3.29. The Morgan fingerprint density at radius 3 is 3.00 bits per heavy atom. The van der Waals surface area contributed by atoms with Crippen LogP contribution in [0, 0.1) is 0 Å². The minimum absolute atomic E-state index is 0.505. The van der Waals surface area contributed by atoms with Crippen molar-refractivity contribution in [3.05, 3.63) is 23.1 Å². The molecule has 0 radical (unpaired) electrons. The molecule has 0 N–H and O–H groups in total. The number of halogens is 1. The van der Waals surface area contributed by atoms with E-state index >= 15 is 0 Å². The third-order valence-corrected chi connectivity index (χ3v) is 2.18. The number of hydrogen-bond donors (Lipinski definition) is 0. The molecule has 0 fully saturated rings. The monoisotopic (exact) mass is 239 g/mol. The van der Waals surface area contributed by atoms with Gasteiger partial charge in [-0.1, -0.05) is 0 Å². The average Bonchev–Trinajstić information content (AvgIpc) is 2.18. The number of pyridine rings is 1. The van der Waals surface area contributed by atoms with Crippen LogP contribution < -0.4 is 4.74 Å². The molecule has 0 saturated heterocycles. The van der Waals surface area contributed by atoms with E-state index < -0.39 is 0 Å². The Labute approximate surface area is 83.1 Å². The molecule has 13 heavy (non-hydrogen) atoms. The summed E-state index contributed by atoms with van der Waals surface area (Å²) in [6.07, 6.45) is 3.23. The van der Waals surface area contributed by atoms with Crippen LogP contribution in [-0.2, 0) is 0 Å². The van der Waals surface area contributed by atoms with Gasteiger partial charge in [0.1, 0.15) is 10.1 Å². The maximum absolute atomic E-state index is 4.95. The van der Waals surface area contributed by atoms with Crippen molar-refractivity contribution in [3.8, 4) is 5.88 Å². The van der Waals surface area contributed by atoms with Gasteiger partial charge < -0.3 is 4.74 Å². The van der Waals surface area contributed by atoms with Crippen molar-refractivity contribution in [2.24, 2.45) is 0 Å². The van der Waals surface area contributed by atoms with E-state index in [1.54, 1.807) is 25.6 Å². The molecule has 2 aromatic heterocycles. The predicted octanol–water partition coefficient (Wildman–Crippen LogP) is 1.80. The van der Waals surface area contributed by atoms with Gasteiger partial charge in [0.05, 0.1) is 18.8 Å². The van der Waals surface area contributed by atoms with Crippen molar-refractivity contribution in [1.82, 2.24) is 15.0 Å². The van der Waals surface area contributed by atoms with E-state index in [1.807, 2.05) is 0 Å². The van der Waals surface area contributed by atoms with Gasteiger partial charge >= 0.3 is 0 Å². The van der Waals surface area contributed by atoms with Gasteiger partial charge in [0.15, 0.2) is 0 Å². The normalized spacial score (nSPS) is 10.3. The van der Waals surface area contributed by atoms with Crippen molar-refractivity contribution in [2.45, 2.75) is 0 Å². The molecular formula is C8H6BrN3O. The first-order valence-electron chi connectivity index (χ1n) is 3.62. The molecule has 2 rings (SSSR count). The second-order valence-electron chi connectivity index (χ2n) is 2.38. The first kappa shape index (κ1) is 8.37. The molecule has 2 aromatic rings. The van der Waals surface area contributed by atoms with Crippen LogP contribution in [-0.4, -0.2) is 22.1 Å². The van der Waals surface area contributed by atoms with Crippen LogP contribution in [0.5, 0.6) is 5.88 Å². The van der Waals surface area contributed by atoms with E-state index in [9.17, 15) is 0 Å². The van der Waals surface area contributed by atoms with Gasteiger partial charge in [0, 0.05) is 6.20 Å². The Bertz CT molecular complexity index is 446. The summed E-state index contributed by atoms with van der Waals surface area (Å²) in [6.45, 7) is 0. The van der Waals surface area contributed by atoms with Gasteiger partial charge in [-0.05, 0) is 22.0 Å². The Morgan fingerprint density at radius 2 is 2.23 bits per heavy atom. The van der Waals surface area contributed by atoms with E-state index in [0.29, 0.717) is 10.5 Å². The molecule has 0 amide bonds. The molecule has 0 bridgehead atoms. The Balaban J connectivity index is 2.72. The van der Waals surface area contributed by atoms with Crippen LogP contribution in [0.1, 0.15) is 0 Å². The SMILES string of the molecule is COc1cnc2c(Br)nccc2n1. The summed E-state index contributed by atoms with van der Waals surface area (Å²) in [4.78, 5) is 12.4. The maximum Gasteiger partial charge on any atom is 0.232 e. The lowest BCUT2D eigenvalue weighted by Crippen LogP contribution is -1.91. The zero-order valence-electron chi connectivity index (χ0n) is 6.86. The summed E-state index contributed by atoms with van der Waals surface area (Å²) in [5, 5.41) is 0. The number of rotatable bonds is 1. The lowest BCUT2D eigenvalue weighted by molar-refractivity contribution is 0.397. The van der Waals surface area contributed by atoms with Crippen molar-refractivity contribution < 1.29 is 4.74 Å². The van der Waals surface area contributed by atoms with Gasteiger partial charge in [-0.15, -0.1) is 0 Å². The lowest BCUT2D eigenvalue weighted by atomic mass is 10.4. The quantitative estimate of drug-likeness (QED) is 0.713. The topological polar surface area (TPSA) is 47.9 Å². The van der Waals surface area contributed by atoms with Gasteiger partial charge in [-0.3, -0.25) is 0 Å². The molecule has 0 atom stereocenters. The fraction of sp³-hybridized carbons (Fsp3) is 0.125. The molecule has 0 spiro atoms. The zero-order valence-corrected chi connectivity index (χ0v) is 8.45. The highest BCUT2D eigenvalue weighted by molar-refractivity contribution is 9.10. The van der Waals surface area contributed by atoms with Crippen LogP contribution in [0.3, 0.4) is 0 Å². The number of methoxy groups -OCH3 is 1. The molecule has 66 valence electrons. The van der Waals surface area contributed by atoms with Crippen molar-refractivity contribution in [1.29, 1.82) is 0 Å². The Kier molecular flexibility index (Phi) is 2.10. The smallest absolute Gasteiger partial charge is 0.232 e. The van der Waals surface area contributed by atoms with E-state index in [2.05, 4.69) is 30.9 Å². The highest BCUT2D eigenvalue weighted by Gasteiger charge is 2.02. The van der Waals surface area contributed by atoms with E-state index in [1.165, 1.54) is 0 Å². The van der Waals surface area contributed by atoms with Crippen molar-refractivity contribution in [3.63, 3.8) is 0 Å². The second-order valence-corrected chi connectivity index (χ2v) is 3.13. The van der Waals surface area contributed by atoms with Crippen LogP contribution in [0.4, 0.5) is 0 Å². The van der Waals surface area contributed by atoms with Crippen LogP contribution >= 0.6 is 15.9 Å². The van der Waals surface area contributed by atoms with Gasteiger partial charge in [0.25, 0.3) is 0 Å². The molecule has 0 unspecified atom stereocenters. The summed E-state index contributed by atoms with van der Waals surface area (Å²) in [5.41, 5.74) is 1.50. The number of aromatic nitrogens is 3. The standard InChI is InChI=1S/C8H6BrN3O/c1-13-6-4-11-7-5(12-6)2-3-10-8(7)9/h2-4H,1H3. The first-order valence-corrected chi connectivity index (χ1v) is 4.42. The van der Waals surface area contributed by atoms with Gasteiger partial charge in [-0.2, -0.15) is 0 Å². The summed E-state index contributed by atoms with van der Waals surface area (Å²) in [5.74, 6) is 0.505. The van der Waals surface area contributed by atoms with E-state index in [-0.39, 0.29) is 0 Å². The van der Waals surface area contributed by atoms with Crippen LogP contribution in [0.2, 0.25) is 0 Å². The minimum Gasteiger partial charge on any atom is -0.480 e. The Hall–Kier alpha value is -1.23. The number of fused-ring (bicyclic) bond motifs is 1. The number of hydrogen-bond acceptors (Lipinski definition) is 4. The molecule has 0 aliphatic carbocycles. The zero-order chi connectivity index (χ0) is 9.26. The summed E-state index contributed by atoms with van der Waals surface area (Å²) in [6, 6.07) is 1.79. The lowest BCUT2D eigenvalue weighted by Gasteiger charge is -2.00. The van der Waals surface area contributed by atoms with Crippen LogP contribution in [0.15, 0.2) is 23.1 Å². The Morgan fingerprint density at radius 1 is 1.38 bits per heavy atom. The molecule has 0 aliphatic heterocycles. The number of nitrogens with zero attached hydrogens (tertiary/aromatic N) is 3. The maximum atomic E-state index is 4.95. The minimum atomic E-state index is 0.505. The fourth-order valence-corrected chi connectivity index (χ4v) is 1.42. The van der Waals surface area contributed by atoms with Gasteiger partial charge in [0.2, 0.25) is 5.88 Å². The largest absolute Gasteiger partial charge is 0.480 e. The third kappa shape index (κ3) is 1.47. The first-order chi connectivity index (χ1) is 6.31. The molecule has 0 aliphatic rings. The fourth-order valence-electron chi connectivity index (χ4n) is 0.994. The summed E-state index contributed by atoms with van der Waals surface area (Å²) < 4.78 is 5.65. The third-order valence-electron chi connectivity index (χ3n) is 1.60. The second kappa shape index (κ2) is 3.26. The molecule has 5 heteroatoms. The molecule has 4 nitrogen and oxygen atoms in total. The molecule has 2 heterocycles. The highest BCUT2D eigenvalue weighted by Crippen LogP contribution is 2.19. The van der Waals surface area contributed by atoms with Gasteiger partial charge in [-0.25, -0.2) is 15.0 Å². The highest BCUT2D eigenvalue weighted by atomic mass is 79.9. The molecule has 0 saturated carbocycles. The average molecular weight is 240 g/mol. The van der Waals surface area contributed by atoms with Crippen molar-refractivity contribution >= 4 is 27.0 Å². The van der Waals surface area contributed by atoms with Crippen molar-refractivity contribution in [2.75, 3.05) is 7.11 Å².